The predicted molar refractivity (Wildman–Crippen MR) is 174 cm³/mol. The molecule has 1 unspecified atom stereocenters. The van der Waals surface area contributed by atoms with E-state index in [9.17, 15) is 13.6 Å². The van der Waals surface area contributed by atoms with Crippen molar-refractivity contribution in [3.63, 3.8) is 0 Å². The minimum atomic E-state index is -2.53. The van der Waals surface area contributed by atoms with E-state index in [0.717, 1.165) is 61.6 Å². The molecule has 0 saturated carbocycles. The molecule has 41 heavy (non-hydrogen) atoms. The molecule has 1 N–H and O–H groups in total. The highest BCUT2D eigenvalue weighted by Crippen LogP contribution is 2.38. The van der Waals surface area contributed by atoms with Gasteiger partial charge in [0.1, 0.15) is 10.8 Å². The van der Waals surface area contributed by atoms with Gasteiger partial charge in [0.05, 0.1) is 19.1 Å². The summed E-state index contributed by atoms with van der Waals surface area (Å²) in [6.45, 7) is 9.61. The van der Waals surface area contributed by atoms with Crippen LogP contribution in [0.1, 0.15) is 41.5 Å². The summed E-state index contributed by atoms with van der Waals surface area (Å²) in [7, 11) is -1.78. The van der Waals surface area contributed by atoms with Gasteiger partial charge in [-0.1, -0.05) is 87.6 Å². The maximum Gasteiger partial charge on any atom is 0.272 e. The Hall–Kier alpha value is -3.37. The van der Waals surface area contributed by atoms with Gasteiger partial charge in [0.15, 0.2) is 0 Å². The molecule has 1 amide bonds. The minimum absolute atomic E-state index is 0.366. The number of aromatic nitrogens is 2. The van der Waals surface area contributed by atoms with E-state index >= 15 is 0 Å². The van der Waals surface area contributed by atoms with Crippen LogP contribution in [0.2, 0.25) is 19.6 Å². The molecule has 3 aromatic carbocycles. The molecule has 0 saturated heterocycles. The van der Waals surface area contributed by atoms with Gasteiger partial charge in [-0.2, -0.15) is 4.31 Å². The van der Waals surface area contributed by atoms with E-state index in [4.69, 9.17) is 4.98 Å². The van der Waals surface area contributed by atoms with Crippen LogP contribution in [0, 0.1) is 0 Å². The summed E-state index contributed by atoms with van der Waals surface area (Å²) in [4.78, 5) is 18.4. The third-order valence-corrected chi connectivity index (χ3v) is 12.6. The highest BCUT2D eigenvalue weighted by atomic mass is 32.2. The number of carbonyl (C=O) groups excluding carboxylic acids is 1. The molecule has 0 radical (unpaired) electrons. The Kier molecular flexibility index (Phi) is 8.70. The fraction of sp³-hybridized carbons (Fsp3) is 0.250. The van der Waals surface area contributed by atoms with Crippen LogP contribution in [0.3, 0.4) is 0 Å². The highest BCUT2D eigenvalue weighted by Gasteiger charge is 2.31. The van der Waals surface area contributed by atoms with Crippen molar-refractivity contribution in [1.82, 2.24) is 9.55 Å². The molecule has 0 aliphatic carbocycles. The Morgan fingerprint density at radius 1 is 1.00 bits per heavy atom. The van der Waals surface area contributed by atoms with Crippen molar-refractivity contribution in [3.05, 3.63) is 102 Å². The van der Waals surface area contributed by atoms with Crippen molar-refractivity contribution >= 4 is 57.1 Å². The summed E-state index contributed by atoms with van der Waals surface area (Å²) in [5.74, 6) is 0.595. The van der Waals surface area contributed by atoms with Gasteiger partial charge in [0.2, 0.25) is 0 Å². The second-order valence-electron chi connectivity index (χ2n) is 11.2. The van der Waals surface area contributed by atoms with E-state index in [2.05, 4.69) is 67.5 Å². The maximum absolute atomic E-state index is 13.5. The number of amides is 1. The number of hydrogen-bond donors (Lipinski definition) is 1. The number of para-hydroxylation sites is 2. The number of fused-ring (bicyclic) bond motifs is 1. The van der Waals surface area contributed by atoms with Gasteiger partial charge in [-0.25, -0.2) is 9.19 Å². The fourth-order valence-electron chi connectivity index (χ4n) is 4.84. The van der Waals surface area contributed by atoms with Gasteiger partial charge in [0.25, 0.3) is 17.2 Å². The van der Waals surface area contributed by atoms with E-state index in [0.29, 0.717) is 17.1 Å². The summed E-state index contributed by atoms with van der Waals surface area (Å²) in [6.07, 6.45) is 3.14. The molecule has 0 fully saturated rings. The van der Waals surface area contributed by atoms with Crippen molar-refractivity contribution in [1.29, 1.82) is 0 Å². The molecule has 0 bridgehead atoms. The summed E-state index contributed by atoms with van der Waals surface area (Å²) < 4.78 is 27.4. The number of nitrogens with zero attached hydrogens (tertiary/aromatic N) is 3. The summed E-state index contributed by atoms with van der Waals surface area (Å²) in [6, 6.07) is 27.3. The van der Waals surface area contributed by atoms with Gasteiger partial charge >= 0.3 is 0 Å². The third-order valence-electron chi connectivity index (χ3n) is 7.09. The largest absolute Gasteiger partial charge is 0.323 e. The van der Waals surface area contributed by atoms with E-state index in [1.807, 2.05) is 24.3 Å². The van der Waals surface area contributed by atoms with E-state index < -0.39 is 25.2 Å². The Bertz CT molecular complexity index is 1690. The number of carbonyl (C=O) groups is 1. The molecule has 0 aliphatic heterocycles. The van der Waals surface area contributed by atoms with Crippen molar-refractivity contribution in [2.45, 2.75) is 52.4 Å². The number of rotatable bonds is 10. The van der Waals surface area contributed by atoms with E-state index in [-0.39, 0.29) is 0 Å². The van der Waals surface area contributed by atoms with Crippen LogP contribution in [0.15, 0.2) is 84.9 Å². The number of benzene rings is 3. The van der Waals surface area contributed by atoms with Crippen molar-refractivity contribution in [3.8, 4) is 11.1 Å². The van der Waals surface area contributed by atoms with Crippen LogP contribution in [0.5, 0.6) is 0 Å². The molecule has 5 aromatic rings. The molecular formula is C32H35N3O3S2Si. The lowest BCUT2D eigenvalue weighted by Gasteiger charge is -2.19. The summed E-state index contributed by atoms with van der Waals surface area (Å²) in [5, 5.41) is 0.493. The Balaban J connectivity index is 1.52. The van der Waals surface area contributed by atoms with E-state index in [1.54, 1.807) is 24.3 Å². The fourth-order valence-corrected chi connectivity index (χ4v) is 8.56. The predicted octanol–water partition coefficient (Wildman–Crippen LogP) is 7.48. The standard InChI is InChI=1S/C32H35N3O3S2Si/c1-5-6-16-29-33-27-14-10-11-15-28(27)34(29)22-23-17-19-24(20-18-23)26-21-30(41(2,3)4)39-32(26)35(40(37)38)31(36)25-12-8-7-9-13-25/h7-15,17-21H,5-6,16,22H2,1-4H3,(H,37,38). The van der Waals surface area contributed by atoms with Gasteiger partial charge in [-0.05, 0) is 52.4 Å². The number of imidazole rings is 1. The molecule has 0 spiro atoms. The first-order valence-electron chi connectivity index (χ1n) is 13.9. The van der Waals surface area contributed by atoms with Gasteiger partial charge < -0.3 is 4.57 Å². The topological polar surface area (TPSA) is 75.4 Å². The van der Waals surface area contributed by atoms with Crippen LogP contribution in [0.25, 0.3) is 22.2 Å². The monoisotopic (exact) mass is 601 g/mol. The van der Waals surface area contributed by atoms with Crippen molar-refractivity contribution in [2.24, 2.45) is 0 Å². The zero-order valence-electron chi connectivity index (χ0n) is 23.8. The molecule has 2 aromatic heterocycles. The van der Waals surface area contributed by atoms with Gasteiger partial charge in [-0.15, -0.1) is 11.3 Å². The first kappa shape index (κ1) is 29.1. The van der Waals surface area contributed by atoms with Crippen LogP contribution < -0.4 is 8.81 Å². The average Bonchev–Trinajstić information content (AvgIpc) is 3.55. The smallest absolute Gasteiger partial charge is 0.272 e. The molecule has 212 valence electrons. The number of thiophene rings is 1. The normalized spacial score (nSPS) is 12.5. The molecule has 5 rings (SSSR count). The lowest BCUT2D eigenvalue weighted by Crippen LogP contribution is -2.35. The Morgan fingerprint density at radius 2 is 1.68 bits per heavy atom. The minimum Gasteiger partial charge on any atom is -0.323 e. The van der Waals surface area contributed by atoms with Crippen molar-refractivity contribution < 1.29 is 13.6 Å². The quantitative estimate of drug-likeness (QED) is 0.133. The Labute approximate surface area is 249 Å². The zero-order chi connectivity index (χ0) is 29.1. The highest BCUT2D eigenvalue weighted by molar-refractivity contribution is 7.82. The van der Waals surface area contributed by atoms with Crippen molar-refractivity contribution in [2.75, 3.05) is 4.31 Å². The second kappa shape index (κ2) is 12.2. The van der Waals surface area contributed by atoms with Gasteiger partial charge in [0, 0.05) is 24.1 Å². The number of anilines is 1. The molecule has 0 aliphatic rings. The van der Waals surface area contributed by atoms with Crippen LogP contribution in [-0.4, -0.2) is 32.3 Å². The SMILES string of the molecule is CCCCc1nc2ccccc2n1Cc1ccc(-c2cc([Si](C)(C)C)sc2N(C(=O)c2ccccc2)S(=O)O)cc1. The summed E-state index contributed by atoms with van der Waals surface area (Å²) in [5.41, 5.74) is 5.34. The molecular weight excluding hydrogens is 567 g/mol. The number of aryl methyl sites for hydroxylation is 1. The third kappa shape index (κ3) is 6.28. The molecule has 6 nitrogen and oxygen atoms in total. The van der Waals surface area contributed by atoms with Crippen LogP contribution in [-0.2, 0) is 24.2 Å². The maximum atomic E-state index is 13.5. The lowest BCUT2D eigenvalue weighted by molar-refractivity contribution is 0.101. The number of hydrogen-bond acceptors (Lipinski definition) is 4. The van der Waals surface area contributed by atoms with Crippen LogP contribution in [0.4, 0.5) is 5.00 Å². The Morgan fingerprint density at radius 3 is 2.34 bits per heavy atom. The molecule has 2 heterocycles. The van der Waals surface area contributed by atoms with E-state index in [1.165, 1.54) is 11.3 Å². The average molecular weight is 602 g/mol. The summed E-state index contributed by atoms with van der Waals surface area (Å²) >= 11 is -1.09. The first-order valence-corrected chi connectivity index (χ1v) is 19.2. The number of unbranched alkanes of at least 4 members (excludes halogenated alkanes) is 1. The lowest BCUT2D eigenvalue weighted by atomic mass is 10.1. The second-order valence-corrected chi connectivity index (χ2v) is 18.4. The molecule has 1 atom stereocenters. The van der Waals surface area contributed by atoms with Gasteiger partial charge in [-0.3, -0.25) is 9.35 Å². The first-order chi connectivity index (χ1) is 19.7. The zero-order valence-corrected chi connectivity index (χ0v) is 26.5. The van der Waals surface area contributed by atoms with Crippen LogP contribution >= 0.6 is 11.3 Å². The molecule has 9 heteroatoms.